The summed E-state index contributed by atoms with van der Waals surface area (Å²) in [5.74, 6) is -2.12. The number of nitrogens with one attached hydrogen (secondary N) is 1. The van der Waals surface area contributed by atoms with Gasteiger partial charge >= 0.3 is 12.1 Å². The van der Waals surface area contributed by atoms with Crippen molar-refractivity contribution in [1.82, 2.24) is 0 Å². The fraction of sp³-hybridized carbons (Fsp3) is 0.300. The van der Waals surface area contributed by atoms with Gasteiger partial charge in [-0.3, -0.25) is 9.59 Å². The Kier molecular flexibility index (Phi) is 5.63. The molecule has 0 aromatic heterocycles. The minimum Gasteiger partial charge on any atom is -0.481 e. The smallest absolute Gasteiger partial charge is 0.416 e. The van der Waals surface area contributed by atoms with E-state index in [9.17, 15) is 22.8 Å². The number of hydrogen-bond acceptors (Lipinski definition) is 2. The molecule has 0 saturated carbocycles. The molecule has 0 bridgehead atoms. The predicted molar refractivity (Wildman–Crippen MR) is 95.6 cm³/mol. The van der Waals surface area contributed by atoms with Crippen LogP contribution in [0.15, 0.2) is 48.5 Å². The Hall–Kier alpha value is -2.83. The molecule has 0 aliphatic heterocycles. The molecule has 1 atom stereocenters. The summed E-state index contributed by atoms with van der Waals surface area (Å²) in [6, 6.07) is 11.0. The van der Waals surface area contributed by atoms with Gasteiger partial charge in [-0.1, -0.05) is 30.3 Å². The molecule has 0 spiro atoms. The monoisotopic (exact) mass is 379 g/mol. The van der Waals surface area contributed by atoms with Crippen molar-refractivity contribution in [3.05, 3.63) is 65.2 Å². The maximum absolute atomic E-state index is 12.9. The molecule has 0 heterocycles. The first-order valence-electron chi connectivity index (χ1n) is 8.25. The molecule has 144 valence electrons. The van der Waals surface area contributed by atoms with Crippen molar-refractivity contribution in [3.63, 3.8) is 0 Å². The molecule has 2 aromatic rings. The highest BCUT2D eigenvalue weighted by Crippen LogP contribution is 2.33. The van der Waals surface area contributed by atoms with Crippen LogP contribution in [0.3, 0.4) is 0 Å². The largest absolute Gasteiger partial charge is 0.481 e. The number of anilines is 1. The van der Waals surface area contributed by atoms with E-state index >= 15 is 0 Å². The number of alkyl halides is 3. The molecule has 1 unspecified atom stereocenters. The van der Waals surface area contributed by atoms with Crippen LogP contribution in [0.2, 0.25) is 0 Å². The van der Waals surface area contributed by atoms with Gasteiger partial charge in [-0.15, -0.1) is 0 Å². The summed E-state index contributed by atoms with van der Waals surface area (Å²) in [6.45, 7) is 4.63. The minimum atomic E-state index is -4.49. The number of halogens is 3. The van der Waals surface area contributed by atoms with Crippen LogP contribution in [0.1, 0.15) is 43.4 Å². The van der Waals surface area contributed by atoms with Crippen molar-refractivity contribution in [1.29, 1.82) is 0 Å². The number of benzene rings is 2. The average molecular weight is 379 g/mol. The summed E-state index contributed by atoms with van der Waals surface area (Å²) in [5.41, 5.74) is -0.758. The molecule has 1 amide bonds. The molecule has 4 nitrogen and oxygen atoms in total. The second kappa shape index (κ2) is 7.42. The van der Waals surface area contributed by atoms with Gasteiger partial charge in [0.2, 0.25) is 5.91 Å². The molecule has 2 rings (SSSR count). The second-order valence-electron chi connectivity index (χ2n) is 6.84. The average Bonchev–Trinajstić information content (AvgIpc) is 2.61. The van der Waals surface area contributed by atoms with Gasteiger partial charge in [0.25, 0.3) is 0 Å². The van der Waals surface area contributed by atoms with Crippen molar-refractivity contribution >= 4 is 17.6 Å². The molecule has 2 N–H and O–H groups in total. The fourth-order valence-electron chi connectivity index (χ4n) is 2.50. The number of hydrogen-bond donors (Lipinski definition) is 2. The predicted octanol–water partition coefficient (Wildman–Crippen LogP) is 4.81. The van der Waals surface area contributed by atoms with Crippen LogP contribution in [0.4, 0.5) is 18.9 Å². The van der Waals surface area contributed by atoms with Gasteiger partial charge in [-0.25, -0.2) is 0 Å². The summed E-state index contributed by atoms with van der Waals surface area (Å²) in [6.07, 6.45) is -4.49. The first kappa shape index (κ1) is 20.5. The van der Waals surface area contributed by atoms with E-state index < -0.39 is 34.9 Å². The molecular weight excluding hydrogens is 359 g/mol. The normalized spacial score (nSPS) is 13.1. The van der Waals surface area contributed by atoms with Gasteiger partial charge in [-0.2, -0.15) is 13.2 Å². The summed E-state index contributed by atoms with van der Waals surface area (Å²) in [4.78, 5) is 23.6. The first-order valence-corrected chi connectivity index (χ1v) is 8.25. The second-order valence-corrected chi connectivity index (χ2v) is 6.84. The van der Waals surface area contributed by atoms with Crippen molar-refractivity contribution < 1.29 is 27.9 Å². The molecule has 2 aromatic carbocycles. The van der Waals surface area contributed by atoms with Crippen molar-refractivity contribution in [2.45, 2.75) is 38.3 Å². The van der Waals surface area contributed by atoms with Crippen molar-refractivity contribution in [3.8, 4) is 0 Å². The number of carbonyl (C=O) groups is 2. The van der Waals surface area contributed by atoms with Crippen LogP contribution in [-0.2, 0) is 21.2 Å². The Morgan fingerprint density at radius 1 is 1.00 bits per heavy atom. The maximum Gasteiger partial charge on any atom is 0.416 e. The zero-order chi connectivity index (χ0) is 20.4. The molecule has 0 aliphatic rings. The maximum atomic E-state index is 12.9. The zero-order valence-electron chi connectivity index (χ0n) is 15.1. The summed E-state index contributed by atoms with van der Waals surface area (Å²) in [5, 5.41) is 11.7. The van der Waals surface area contributed by atoms with Crippen LogP contribution in [0.5, 0.6) is 0 Å². The van der Waals surface area contributed by atoms with E-state index in [0.717, 1.165) is 12.1 Å². The SMILES string of the molecule is CC(C(=O)O)c1ccc(NC(=O)C(C)(C)c2cccc(C(F)(F)F)c2)cc1. The lowest BCUT2D eigenvalue weighted by molar-refractivity contribution is -0.139. The molecule has 7 heteroatoms. The van der Waals surface area contributed by atoms with Crippen molar-refractivity contribution in [2.24, 2.45) is 0 Å². The van der Waals surface area contributed by atoms with Gasteiger partial charge in [-0.05, 0) is 50.1 Å². The lowest BCUT2D eigenvalue weighted by atomic mass is 9.83. The van der Waals surface area contributed by atoms with E-state index in [1.807, 2.05) is 0 Å². The molecule has 27 heavy (non-hydrogen) atoms. The van der Waals surface area contributed by atoms with Crippen LogP contribution in [-0.4, -0.2) is 17.0 Å². The molecule has 0 fully saturated rings. The summed E-state index contributed by atoms with van der Waals surface area (Å²) in [7, 11) is 0. The number of aliphatic carboxylic acids is 1. The third kappa shape index (κ3) is 4.67. The van der Waals surface area contributed by atoms with Gasteiger partial charge in [0, 0.05) is 5.69 Å². The van der Waals surface area contributed by atoms with Crippen LogP contribution in [0, 0.1) is 0 Å². The van der Waals surface area contributed by atoms with Gasteiger partial charge in [0.1, 0.15) is 0 Å². The Morgan fingerprint density at radius 3 is 2.07 bits per heavy atom. The Bertz CT molecular complexity index is 842. The van der Waals surface area contributed by atoms with E-state index in [4.69, 9.17) is 5.11 Å². The lowest BCUT2D eigenvalue weighted by Crippen LogP contribution is -2.35. The highest BCUT2D eigenvalue weighted by Gasteiger charge is 2.35. The van der Waals surface area contributed by atoms with E-state index in [0.29, 0.717) is 11.3 Å². The van der Waals surface area contributed by atoms with Gasteiger partial charge in [0.05, 0.1) is 16.9 Å². The molecule has 0 radical (unpaired) electrons. The van der Waals surface area contributed by atoms with E-state index in [1.165, 1.54) is 12.1 Å². The Balaban J connectivity index is 2.20. The zero-order valence-corrected chi connectivity index (χ0v) is 15.1. The van der Waals surface area contributed by atoms with Gasteiger partial charge < -0.3 is 10.4 Å². The number of carboxylic acid groups (broad SMARTS) is 1. The van der Waals surface area contributed by atoms with E-state index in [1.54, 1.807) is 45.0 Å². The quantitative estimate of drug-likeness (QED) is 0.784. The van der Waals surface area contributed by atoms with Gasteiger partial charge in [0.15, 0.2) is 0 Å². The van der Waals surface area contributed by atoms with Crippen molar-refractivity contribution in [2.75, 3.05) is 5.32 Å². The lowest BCUT2D eigenvalue weighted by Gasteiger charge is -2.25. The molecular formula is C20H20F3NO3. The van der Waals surface area contributed by atoms with Crippen LogP contribution in [0.25, 0.3) is 0 Å². The van der Waals surface area contributed by atoms with E-state index in [2.05, 4.69) is 5.32 Å². The Morgan fingerprint density at radius 2 is 1.56 bits per heavy atom. The first-order chi connectivity index (χ1) is 12.4. The summed E-state index contributed by atoms with van der Waals surface area (Å²) < 4.78 is 38.8. The summed E-state index contributed by atoms with van der Waals surface area (Å²) >= 11 is 0. The minimum absolute atomic E-state index is 0.242. The number of carboxylic acids is 1. The van der Waals surface area contributed by atoms with Crippen LogP contribution < -0.4 is 5.32 Å². The number of amides is 1. The number of rotatable bonds is 5. The molecule has 0 saturated heterocycles. The highest BCUT2D eigenvalue weighted by atomic mass is 19.4. The fourth-order valence-corrected chi connectivity index (χ4v) is 2.50. The molecule has 0 aliphatic carbocycles. The number of carbonyl (C=O) groups excluding carboxylic acids is 1. The third-order valence-corrected chi connectivity index (χ3v) is 4.52. The Labute approximate surface area is 155 Å². The standard InChI is InChI=1S/C20H20F3NO3/c1-12(17(25)26)13-7-9-16(10-8-13)24-18(27)19(2,3)14-5-4-6-15(11-14)20(21,22)23/h4-12H,1-3H3,(H,24,27)(H,25,26). The van der Waals surface area contributed by atoms with Crippen LogP contribution >= 0.6 is 0 Å². The highest BCUT2D eigenvalue weighted by molar-refractivity contribution is 5.98. The third-order valence-electron chi connectivity index (χ3n) is 4.52. The van der Waals surface area contributed by atoms with E-state index in [-0.39, 0.29) is 5.56 Å². The topological polar surface area (TPSA) is 66.4 Å².